The lowest BCUT2D eigenvalue weighted by molar-refractivity contribution is 0.350. The minimum absolute atomic E-state index is 0.200. The molecule has 0 amide bonds. The molecule has 148 valence electrons. The van der Waals surface area contributed by atoms with Gasteiger partial charge in [-0.1, -0.05) is 25.1 Å². The van der Waals surface area contributed by atoms with E-state index in [-0.39, 0.29) is 5.92 Å². The second kappa shape index (κ2) is 7.08. The Morgan fingerprint density at radius 1 is 1.03 bits per heavy atom. The smallest absolute Gasteiger partial charge is 0.261 e. The van der Waals surface area contributed by atoms with Gasteiger partial charge in [0.15, 0.2) is 5.82 Å². The van der Waals surface area contributed by atoms with E-state index >= 15 is 0 Å². The van der Waals surface area contributed by atoms with Gasteiger partial charge in [0.1, 0.15) is 11.5 Å². The number of pyridine rings is 1. The third kappa shape index (κ3) is 3.35. The van der Waals surface area contributed by atoms with Crippen LogP contribution in [0.15, 0.2) is 47.6 Å². The molecular weight excluding hydrogens is 368 g/mol. The standard InChI is InChI=1S/C20H22N8O/c1-12(2)20(3,19-26-18(29-27-19)13-7-25-28(4)11-13)14-5-6-15(22-8-14)16-9-24-17(21)10-23-16/h5-12H,1-4H3,(H2,21,24)/t20-/m1/s1. The molecule has 9 nitrogen and oxygen atoms in total. The Labute approximate surface area is 168 Å². The number of hydrogen-bond acceptors (Lipinski definition) is 8. The van der Waals surface area contributed by atoms with Gasteiger partial charge in [-0.15, -0.1) is 0 Å². The largest absolute Gasteiger partial charge is 0.382 e. The lowest BCUT2D eigenvalue weighted by Crippen LogP contribution is -2.31. The Hall–Kier alpha value is -3.62. The summed E-state index contributed by atoms with van der Waals surface area (Å²) in [6, 6.07) is 3.93. The molecule has 0 radical (unpaired) electrons. The van der Waals surface area contributed by atoms with Crippen molar-refractivity contribution in [1.29, 1.82) is 0 Å². The van der Waals surface area contributed by atoms with Gasteiger partial charge >= 0.3 is 0 Å². The molecule has 4 aromatic heterocycles. The van der Waals surface area contributed by atoms with Crippen molar-refractivity contribution in [2.24, 2.45) is 13.0 Å². The van der Waals surface area contributed by atoms with Crippen molar-refractivity contribution < 1.29 is 4.52 Å². The van der Waals surface area contributed by atoms with Crippen LogP contribution in [0.3, 0.4) is 0 Å². The summed E-state index contributed by atoms with van der Waals surface area (Å²) < 4.78 is 7.22. The van der Waals surface area contributed by atoms with Gasteiger partial charge in [0, 0.05) is 19.4 Å². The highest BCUT2D eigenvalue weighted by Crippen LogP contribution is 2.38. The SMILES string of the molecule is CC(C)[C@](C)(c1ccc(-c2cnc(N)cn2)nc1)c1noc(-c2cnn(C)c2)n1. The Morgan fingerprint density at radius 3 is 2.41 bits per heavy atom. The molecular formula is C20H22N8O. The molecule has 0 saturated carbocycles. The van der Waals surface area contributed by atoms with E-state index in [0.29, 0.717) is 23.2 Å². The van der Waals surface area contributed by atoms with Crippen LogP contribution in [-0.4, -0.2) is 34.9 Å². The molecule has 0 bridgehead atoms. The van der Waals surface area contributed by atoms with Crippen molar-refractivity contribution >= 4 is 5.82 Å². The highest BCUT2D eigenvalue weighted by atomic mass is 16.5. The summed E-state index contributed by atoms with van der Waals surface area (Å²) in [6.07, 6.45) is 8.50. The zero-order valence-electron chi connectivity index (χ0n) is 16.7. The first-order chi connectivity index (χ1) is 13.9. The Kier molecular flexibility index (Phi) is 4.57. The minimum atomic E-state index is -0.484. The van der Waals surface area contributed by atoms with Crippen LogP contribution in [0.2, 0.25) is 0 Å². The zero-order valence-corrected chi connectivity index (χ0v) is 16.7. The molecule has 0 saturated heterocycles. The molecule has 0 aliphatic rings. The third-order valence-corrected chi connectivity index (χ3v) is 5.29. The van der Waals surface area contributed by atoms with Crippen LogP contribution in [0, 0.1) is 5.92 Å². The molecule has 0 fully saturated rings. The zero-order chi connectivity index (χ0) is 20.6. The van der Waals surface area contributed by atoms with E-state index in [1.165, 1.54) is 6.20 Å². The molecule has 0 aromatic carbocycles. The van der Waals surface area contributed by atoms with Crippen LogP contribution >= 0.6 is 0 Å². The van der Waals surface area contributed by atoms with Gasteiger partial charge in [-0.05, 0) is 24.5 Å². The summed E-state index contributed by atoms with van der Waals surface area (Å²) in [5, 5.41) is 8.44. The number of aryl methyl sites for hydroxylation is 1. The van der Waals surface area contributed by atoms with Crippen molar-refractivity contribution in [2.45, 2.75) is 26.2 Å². The van der Waals surface area contributed by atoms with Gasteiger partial charge in [0.2, 0.25) is 0 Å². The summed E-state index contributed by atoms with van der Waals surface area (Å²) >= 11 is 0. The van der Waals surface area contributed by atoms with E-state index in [4.69, 9.17) is 10.3 Å². The van der Waals surface area contributed by atoms with Crippen LogP contribution in [0.4, 0.5) is 5.82 Å². The molecule has 2 N–H and O–H groups in total. The Balaban J connectivity index is 1.70. The predicted octanol–water partition coefficient (Wildman–Crippen LogP) is 2.87. The molecule has 0 aliphatic heterocycles. The molecule has 0 aliphatic carbocycles. The summed E-state index contributed by atoms with van der Waals surface area (Å²) in [4.78, 5) is 17.6. The first-order valence-electron chi connectivity index (χ1n) is 9.25. The molecule has 0 unspecified atom stereocenters. The van der Waals surface area contributed by atoms with E-state index < -0.39 is 5.41 Å². The van der Waals surface area contributed by atoms with Gasteiger partial charge in [-0.3, -0.25) is 9.67 Å². The van der Waals surface area contributed by atoms with Gasteiger partial charge < -0.3 is 10.3 Å². The number of nitrogen functional groups attached to an aromatic ring is 1. The molecule has 9 heteroatoms. The fourth-order valence-corrected chi connectivity index (χ4v) is 3.13. The van der Waals surface area contributed by atoms with Crippen molar-refractivity contribution in [2.75, 3.05) is 5.73 Å². The minimum Gasteiger partial charge on any atom is -0.382 e. The number of nitrogens with zero attached hydrogens (tertiary/aromatic N) is 7. The second-order valence-electron chi connectivity index (χ2n) is 7.44. The molecule has 29 heavy (non-hydrogen) atoms. The summed E-state index contributed by atoms with van der Waals surface area (Å²) in [6.45, 7) is 6.34. The normalized spacial score (nSPS) is 13.6. The number of anilines is 1. The van der Waals surface area contributed by atoms with Crippen LogP contribution in [0.1, 0.15) is 32.2 Å². The Morgan fingerprint density at radius 2 is 1.83 bits per heavy atom. The fraction of sp³-hybridized carbons (Fsp3) is 0.300. The van der Waals surface area contributed by atoms with E-state index in [0.717, 1.165) is 16.8 Å². The lowest BCUT2D eigenvalue weighted by atomic mass is 9.73. The van der Waals surface area contributed by atoms with E-state index in [1.54, 1.807) is 17.1 Å². The monoisotopic (exact) mass is 390 g/mol. The number of aromatic nitrogens is 7. The van der Waals surface area contributed by atoms with Gasteiger partial charge in [-0.25, -0.2) is 9.97 Å². The maximum atomic E-state index is 5.61. The number of nitrogens with two attached hydrogens (primary N) is 1. The average molecular weight is 390 g/mol. The molecule has 4 aromatic rings. The molecule has 4 heterocycles. The second-order valence-corrected chi connectivity index (χ2v) is 7.44. The van der Waals surface area contributed by atoms with Crippen LogP contribution in [0.25, 0.3) is 22.8 Å². The van der Waals surface area contributed by atoms with Gasteiger partial charge in [-0.2, -0.15) is 10.1 Å². The van der Waals surface area contributed by atoms with Crippen LogP contribution in [-0.2, 0) is 12.5 Å². The topological polar surface area (TPSA) is 121 Å². The molecule has 0 spiro atoms. The summed E-state index contributed by atoms with van der Waals surface area (Å²) in [5.74, 6) is 1.62. The highest BCUT2D eigenvalue weighted by molar-refractivity contribution is 5.54. The molecule has 4 rings (SSSR count). The lowest BCUT2D eigenvalue weighted by Gasteiger charge is -2.30. The van der Waals surface area contributed by atoms with Crippen molar-refractivity contribution in [3.05, 3.63) is 54.5 Å². The van der Waals surface area contributed by atoms with E-state index in [9.17, 15) is 0 Å². The fourth-order valence-electron chi connectivity index (χ4n) is 3.13. The van der Waals surface area contributed by atoms with Gasteiger partial charge in [0.25, 0.3) is 5.89 Å². The van der Waals surface area contributed by atoms with Crippen molar-refractivity contribution in [3.8, 4) is 22.8 Å². The summed E-state index contributed by atoms with van der Waals surface area (Å²) in [5.41, 5.74) is 8.27. The Bertz CT molecular complexity index is 1110. The summed E-state index contributed by atoms with van der Waals surface area (Å²) in [7, 11) is 1.84. The van der Waals surface area contributed by atoms with Crippen LogP contribution < -0.4 is 5.73 Å². The maximum absolute atomic E-state index is 5.61. The number of hydrogen-bond donors (Lipinski definition) is 1. The van der Waals surface area contributed by atoms with Crippen LogP contribution in [0.5, 0.6) is 0 Å². The van der Waals surface area contributed by atoms with Crippen molar-refractivity contribution in [1.82, 2.24) is 34.9 Å². The quantitative estimate of drug-likeness (QED) is 0.552. The molecule has 1 atom stereocenters. The first-order valence-corrected chi connectivity index (χ1v) is 9.25. The maximum Gasteiger partial charge on any atom is 0.261 e. The first kappa shape index (κ1) is 18.7. The highest BCUT2D eigenvalue weighted by Gasteiger charge is 2.38. The van der Waals surface area contributed by atoms with Crippen molar-refractivity contribution in [3.63, 3.8) is 0 Å². The van der Waals surface area contributed by atoms with E-state index in [2.05, 4.69) is 51.0 Å². The van der Waals surface area contributed by atoms with E-state index in [1.807, 2.05) is 31.6 Å². The number of rotatable bonds is 5. The average Bonchev–Trinajstić information content (AvgIpc) is 3.37. The predicted molar refractivity (Wildman–Crippen MR) is 107 cm³/mol. The third-order valence-electron chi connectivity index (χ3n) is 5.29. The van der Waals surface area contributed by atoms with Gasteiger partial charge in [0.05, 0.1) is 35.3 Å².